The van der Waals surface area contributed by atoms with E-state index in [0.29, 0.717) is 5.69 Å². The van der Waals surface area contributed by atoms with Crippen molar-refractivity contribution in [2.45, 2.75) is 30.2 Å². The van der Waals surface area contributed by atoms with E-state index in [1.807, 2.05) is 18.2 Å². The van der Waals surface area contributed by atoms with Gasteiger partial charge in [-0.15, -0.1) is 0 Å². The largest absolute Gasteiger partial charge is 0.452 e. The molecule has 1 atom stereocenters. The SMILES string of the molecule is CN(c1ccccc1)S(=O)(=O)c1cc(C(=O)OCC(=O)NC2CCCc3ccccc32)ccc1Cl. The van der Waals surface area contributed by atoms with Crippen molar-refractivity contribution >= 4 is 39.2 Å². The van der Waals surface area contributed by atoms with Crippen molar-refractivity contribution in [3.05, 3.63) is 94.5 Å². The molecule has 182 valence electrons. The minimum atomic E-state index is -4.04. The first-order chi connectivity index (χ1) is 16.8. The number of benzene rings is 3. The van der Waals surface area contributed by atoms with Crippen LogP contribution in [0, 0.1) is 0 Å². The lowest BCUT2D eigenvalue weighted by atomic mass is 9.88. The van der Waals surface area contributed by atoms with Gasteiger partial charge in [-0.2, -0.15) is 0 Å². The minimum absolute atomic E-state index is 0.0229. The van der Waals surface area contributed by atoms with Crippen LogP contribution in [0.4, 0.5) is 5.69 Å². The third-order valence-electron chi connectivity index (χ3n) is 5.96. The molecule has 3 aromatic carbocycles. The second-order valence-electron chi connectivity index (χ2n) is 8.24. The fourth-order valence-corrected chi connectivity index (χ4v) is 5.80. The Kier molecular flexibility index (Phi) is 7.42. The number of halogens is 1. The summed E-state index contributed by atoms with van der Waals surface area (Å²) < 4.78 is 32.5. The number of aryl methyl sites for hydroxylation is 1. The Labute approximate surface area is 209 Å². The number of sulfonamides is 1. The van der Waals surface area contributed by atoms with Crippen molar-refractivity contribution in [2.75, 3.05) is 18.0 Å². The van der Waals surface area contributed by atoms with Crippen molar-refractivity contribution in [3.63, 3.8) is 0 Å². The number of esters is 1. The molecule has 0 heterocycles. The number of nitrogens with one attached hydrogen (secondary N) is 1. The van der Waals surface area contributed by atoms with Crippen molar-refractivity contribution in [2.24, 2.45) is 0 Å². The van der Waals surface area contributed by atoms with Gasteiger partial charge >= 0.3 is 5.97 Å². The standard InChI is InChI=1S/C26H25ClN2O5S/c1-29(20-10-3-2-4-11-20)35(32,33)24-16-19(14-15-22(24)27)26(31)34-17-25(30)28-23-13-7-9-18-8-5-6-12-21(18)23/h2-6,8,10-12,14-16,23H,7,9,13,17H2,1H3,(H,28,30). The maximum atomic E-state index is 13.1. The molecular formula is C26H25ClN2O5S. The van der Waals surface area contributed by atoms with E-state index in [-0.39, 0.29) is 21.5 Å². The van der Waals surface area contributed by atoms with Crippen LogP contribution in [0.3, 0.4) is 0 Å². The highest BCUT2D eigenvalue weighted by atomic mass is 35.5. The molecule has 0 fully saturated rings. The lowest BCUT2D eigenvalue weighted by Crippen LogP contribution is -2.34. The highest BCUT2D eigenvalue weighted by molar-refractivity contribution is 7.93. The molecular weight excluding hydrogens is 488 g/mol. The minimum Gasteiger partial charge on any atom is -0.452 e. The molecule has 1 N–H and O–H groups in total. The summed E-state index contributed by atoms with van der Waals surface area (Å²) in [6.07, 6.45) is 2.74. The Bertz CT molecular complexity index is 1340. The molecule has 1 aliphatic carbocycles. The molecule has 9 heteroatoms. The number of rotatable bonds is 7. The number of anilines is 1. The van der Waals surface area contributed by atoms with Crippen molar-refractivity contribution in [3.8, 4) is 0 Å². The van der Waals surface area contributed by atoms with Crippen LogP contribution in [0.1, 0.15) is 40.4 Å². The van der Waals surface area contributed by atoms with Crippen LogP contribution < -0.4 is 9.62 Å². The lowest BCUT2D eigenvalue weighted by Gasteiger charge is -2.26. The van der Waals surface area contributed by atoms with Crippen LogP contribution in [0.5, 0.6) is 0 Å². The van der Waals surface area contributed by atoms with Gasteiger partial charge in [-0.1, -0.05) is 54.1 Å². The van der Waals surface area contributed by atoms with E-state index in [9.17, 15) is 18.0 Å². The Morgan fingerprint density at radius 2 is 1.77 bits per heavy atom. The highest BCUT2D eigenvalue weighted by Crippen LogP contribution is 2.30. The lowest BCUT2D eigenvalue weighted by molar-refractivity contribution is -0.125. The predicted octanol–water partition coefficient (Wildman–Crippen LogP) is 4.52. The molecule has 0 radical (unpaired) electrons. The summed E-state index contributed by atoms with van der Waals surface area (Å²) >= 11 is 6.17. The average molecular weight is 513 g/mol. The van der Waals surface area contributed by atoms with E-state index < -0.39 is 28.5 Å². The van der Waals surface area contributed by atoms with Gasteiger partial charge in [0.25, 0.3) is 15.9 Å². The first-order valence-corrected chi connectivity index (χ1v) is 13.0. The number of amides is 1. The topological polar surface area (TPSA) is 92.8 Å². The molecule has 7 nitrogen and oxygen atoms in total. The van der Waals surface area contributed by atoms with Crippen LogP contribution in [0.15, 0.2) is 77.7 Å². The highest BCUT2D eigenvalue weighted by Gasteiger charge is 2.26. The molecule has 1 aliphatic rings. The smallest absolute Gasteiger partial charge is 0.338 e. The Balaban J connectivity index is 1.43. The van der Waals surface area contributed by atoms with E-state index in [2.05, 4.69) is 11.4 Å². The summed E-state index contributed by atoms with van der Waals surface area (Å²) in [6, 6.07) is 20.2. The number of hydrogen-bond acceptors (Lipinski definition) is 5. The summed E-state index contributed by atoms with van der Waals surface area (Å²) in [5.74, 6) is -1.25. The Morgan fingerprint density at radius 1 is 1.06 bits per heavy atom. The second-order valence-corrected chi connectivity index (χ2v) is 10.6. The van der Waals surface area contributed by atoms with E-state index >= 15 is 0 Å². The summed E-state index contributed by atoms with van der Waals surface area (Å²) in [7, 11) is -2.64. The van der Waals surface area contributed by atoms with E-state index in [1.54, 1.807) is 30.3 Å². The second kappa shape index (κ2) is 10.5. The third kappa shape index (κ3) is 5.49. The summed E-state index contributed by atoms with van der Waals surface area (Å²) in [5, 5.41) is 2.89. The Hall–Kier alpha value is -3.36. The van der Waals surface area contributed by atoms with Gasteiger partial charge in [0.2, 0.25) is 0 Å². The van der Waals surface area contributed by atoms with Gasteiger partial charge in [0.1, 0.15) is 4.90 Å². The van der Waals surface area contributed by atoms with Gasteiger partial charge in [-0.05, 0) is 60.7 Å². The maximum absolute atomic E-state index is 13.1. The third-order valence-corrected chi connectivity index (χ3v) is 8.23. The van der Waals surface area contributed by atoms with Crippen molar-refractivity contribution < 1.29 is 22.7 Å². The maximum Gasteiger partial charge on any atom is 0.338 e. The van der Waals surface area contributed by atoms with E-state index in [4.69, 9.17) is 16.3 Å². The summed E-state index contributed by atoms with van der Waals surface area (Å²) in [4.78, 5) is 24.9. The number of para-hydroxylation sites is 1. The number of hydrogen-bond donors (Lipinski definition) is 1. The van der Waals surface area contributed by atoms with Gasteiger partial charge in [0.05, 0.1) is 22.3 Å². The fraction of sp³-hybridized carbons (Fsp3) is 0.231. The van der Waals surface area contributed by atoms with Crippen LogP contribution >= 0.6 is 11.6 Å². The molecule has 0 bridgehead atoms. The Morgan fingerprint density at radius 3 is 2.54 bits per heavy atom. The van der Waals surface area contributed by atoms with Gasteiger partial charge in [-0.25, -0.2) is 13.2 Å². The molecule has 3 aromatic rings. The molecule has 0 saturated heterocycles. The number of nitrogens with zero attached hydrogens (tertiary/aromatic N) is 1. The normalized spacial score (nSPS) is 15.1. The zero-order valence-electron chi connectivity index (χ0n) is 19.1. The monoisotopic (exact) mass is 512 g/mol. The first-order valence-electron chi connectivity index (χ1n) is 11.1. The molecule has 1 unspecified atom stereocenters. The molecule has 4 rings (SSSR count). The van der Waals surface area contributed by atoms with Gasteiger partial charge in [0.15, 0.2) is 6.61 Å². The van der Waals surface area contributed by atoms with Gasteiger partial charge in [0, 0.05) is 7.05 Å². The zero-order valence-corrected chi connectivity index (χ0v) is 20.7. The first kappa shape index (κ1) is 24.8. The molecule has 0 saturated carbocycles. The van der Waals surface area contributed by atoms with Crippen LogP contribution in [0.2, 0.25) is 5.02 Å². The average Bonchev–Trinajstić information content (AvgIpc) is 2.87. The number of carbonyl (C=O) groups excluding carboxylic acids is 2. The van der Waals surface area contributed by atoms with Crippen LogP contribution in [-0.2, 0) is 26.0 Å². The molecule has 0 spiro atoms. The summed E-state index contributed by atoms with van der Waals surface area (Å²) in [5.41, 5.74) is 2.70. The van der Waals surface area contributed by atoms with Gasteiger partial charge < -0.3 is 10.1 Å². The van der Waals surface area contributed by atoms with Gasteiger partial charge in [-0.3, -0.25) is 9.10 Å². The van der Waals surface area contributed by atoms with Crippen LogP contribution in [0.25, 0.3) is 0 Å². The molecule has 0 aliphatic heterocycles. The van der Waals surface area contributed by atoms with E-state index in [1.165, 1.54) is 24.7 Å². The van der Waals surface area contributed by atoms with E-state index in [0.717, 1.165) is 35.2 Å². The molecule has 0 aromatic heterocycles. The molecule has 35 heavy (non-hydrogen) atoms. The summed E-state index contributed by atoms with van der Waals surface area (Å²) in [6.45, 7) is -0.480. The van der Waals surface area contributed by atoms with Crippen molar-refractivity contribution in [1.82, 2.24) is 5.32 Å². The van der Waals surface area contributed by atoms with Crippen molar-refractivity contribution in [1.29, 1.82) is 0 Å². The number of carbonyl (C=O) groups is 2. The zero-order chi connectivity index (χ0) is 25.0. The molecule has 1 amide bonds. The number of ether oxygens (including phenoxy) is 1. The van der Waals surface area contributed by atoms with Crippen LogP contribution in [-0.4, -0.2) is 33.9 Å². The fourth-order valence-electron chi connectivity index (χ4n) is 4.11. The quantitative estimate of drug-likeness (QED) is 0.470. The predicted molar refractivity (Wildman–Crippen MR) is 134 cm³/mol. The number of fused-ring (bicyclic) bond motifs is 1.